The molecule has 13 heavy (non-hydrogen) atoms. The Labute approximate surface area is 79.4 Å². The highest BCUT2D eigenvalue weighted by Gasteiger charge is 2.08. The van der Waals surface area contributed by atoms with Crippen molar-refractivity contribution < 1.29 is 4.42 Å². The van der Waals surface area contributed by atoms with Gasteiger partial charge in [-0.05, 0) is 6.92 Å². The highest BCUT2D eigenvalue weighted by Crippen LogP contribution is 2.20. The van der Waals surface area contributed by atoms with Gasteiger partial charge in [-0.3, -0.25) is 0 Å². The van der Waals surface area contributed by atoms with E-state index in [0.29, 0.717) is 12.4 Å². The first-order valence-electron chi connectivity index (χ1n) is 3.86. The van der Waals surface area contributed by atoms with Crippen molar-refractivity contribution in [1.82, 2.24) is 9.97 Å². The van der Waals surface area contributed by atoms with Crippen molar-refractivity contribution in [3.63, 3.8) is 0 Å². The van der Waals surface area contributed by atoms with E-state index in [2.05, 4.69) is 9.97 Å². The maximum absolute atomic E-state index is 5.41. The zero-order chi connectivity index (χ0) is 9.26. The van der Waals surface area contributed by atoms with Crippen LogP contribution in [0.3, 0.4) is 0 Å². The second-order valence-electron chi connectivity index (χ2n) is 2.60. The Kier molecular flexibility index (Phi) is 2.12. The molecule has 0 bridgehead atoms. The fourth-order valence-corrected chi connectivity index (χ4v) is 1.57. The summed E-state index contributed by atoms with van der Waals surface area (Å²) in [5.41, 5.74) is 6.94. The summed E-state index contributed by atoms with van der Waals surface area (Å²) in [6, 6.07) is 0. The Hall–Kier alpha value is -1.20. The van der Waals surface area contributed by atoms with E-state index < -0.39 is 0 Å². The maximum atomic E-state index is 5.41. The average Bonchev–Trinajstić information content (AvgIpc) is 2.71. The van der Waals surface area contributed by atoms with Crippen LogP contribution in [0.1, 0.15) is 10.7 Å². The van der Waals surface area contributed by atoms with Crippen LogP contribution in [0, 0.1) is 6.92 Å². The third-order valence-corrected chi connectivity index (χ3v) is 2.37. The standard InChI is InChI=1S/C8H9N3OS/c1-5-10-7(4-13-5)8-11-6(2-9)3-12-8/h3-4H,2,9H2,1H3. The maximum Gasteiger partial charge on any atom is 0.246 e. The number of thiazole rings is 1. The van der Waals surface area contributed by atoms with Crippen molar-refractivity contribution in [2.24, 2.45) is 5.73 Å². The molecule has 0 aliphatic rings. The third kappa shape index (κ3) is 1.61. The minimum atomic E-state index is 0.395. The summed E-state index contributed by atoms with van der Waals surface area (Å²) in [5.74, 6) is 0.546. The number of nitrogens with two attached hydrogens (primary N) is 1. The Balaban J connectivity index is 2.35. The van der Waals surface area contributed by atoms with Gasteiger partial charge in [0.15, 0.2) is 0 Å². The summed E-state index contributed by atoms with van der Waals surface area (Å²) < 4.78 is 5.21. The van der Waals surface area contributed by atoms with Crippen molar-refractivity contribution in [2.45, 2.75) is 13.5 Å². The molecule has 4 nitrogen and oxygen atoms in total. The van der Waals surface area contributed by atoms with E-state index in [9.17, 15) is 0 Å². The number of oxazole rings is 1. The van der Waals surface area contributed by atoms with Gasteiger partial charge in [-0.1, -0.05) is 0 Å². The number of aryl methyl sites for hydroxylation is 1. The SMILES string of the molecule is Cc1nc(-c2nc(CN)co2)cs1. The van der Waals surface area contributed by atoms with E-state index in [0.717, 1.165) is 16.4 Å². The lowest BCUT2D eigenvalue weighted by atomic mass is 10.5. The zero-order valence-corrected chi connectivity index (χ0v) is 7.97. The molecule has 0 aliphatic heterocycles. The van der Waals surface area contributed by atoms with Gasteiger partial charge in [-0.15, -0.1) is 11.3 Å². The second kappa shape index (κ2) is 3.27. The zero-order valence-electron chi connectivity index (χ0n) is 7.15. The highest BCUT2D eigenvalue weighted by molar-refractivity contribution is 7.09. The minimum Gasteiger partial charge on any atom is -0.443 e. The molecule has 2 rings (SSSR count). The van der Waals surface area contributed by atoms with Crippen LogP contribution < -0.4 is 5.73 Å². The van der Waals surface area contributed by atoms with Gasteiger partial charge < -0.3 is 10.2 Å². The average molecular weight is 195 g/mol. The Morgan fingerprint density at radius 1 is 1.54 bits per heavy atom. The van der Waals surface area contributed by atoms with Crippen molar-refractivity contribution in [2.75, 3.05) is 0 Å². The van der Waals surface area contributed by atoms with E-state index in [4.69, 9.17) is 10.2 Å². The molecule has 0 radical (unpaired) electrons. The molecule has 0 unspecified atom stereocenters. The molecule has 0 aliphatic carbocycles. The number of aromatic nitrogens is 2. The van der Waals surface area contributed by atoms with Gasteiger partial charge in [-0.25, -0.2) is 9.97 Å². The number of hydrogen-bond donors (Lipinski definition) is 1. The molecule has 68 valence electrons. The lowest BCUT2D eigenvalue weighted by molar-refractivity contribution is 0.570. The van der Waals surface area contributed by atoms with E-state index in [1.807, 2.05) is 12.3 Å². The Morgan fingerprint density at radius 3 is 2.92 bits per heavy atom. The molecule has 0 saturated heterocycles. The van der Waals surface area contributed by atoms with Gasteiger partial charge in [-0.2, -0.15) is 0 Å². The van der Waals surface area contributed by atoms with Gasteiger partial charge in [0.25, 0.3) is 0 Å². The fraction of sp³-hybridized carbons (Fsp3) is 0.250. The molecule has 0 spiro atoms. The first kappa shape index (κ1) is 8.40. The van der Waals surface area contributed by atoms with Crippen LogP contribution in [-0.2, 0) is 6.54 Å². The molecule has 5 heteroatoms. The van der Waals surface area contributed by atoms with E-state index in [-0.39, 0.29) is 0 Å². The summed E-state index contributed by atoms with van der Waals surface area (Å²) in [7, 11) is 0. The van der Waals surface area contributed by atoms with Crippen LogP contribution in [0.4, 0.5) is 0 Å². The van der Waals surface area contributed by atoms with Gasteiger partial charge in [0.1, 0.15) is 12.0 Å². The van der Waals surface area contributed by atoms with Crippen LogP contribution in [0.2, 0.25) is 0 Å². The molecule has 2 aromatic rings. The number of rotatable bonds is 2. The molecule has 0 fully saturated rings. The molecule has 0 atom stereocenters. The normalized spacial score (nSPS) is 10.6. The first-order chi connectivity index (χ1) is 6.29. The molecule has 0 aromatic carbocycles. The second-order valence-corrected chi connectivity index (χ2v) is 3.66. The molecule has 2 N–H and O–H groups in total. The molecular weight excluding hydrogens is 186 g/mol. The monoisotopic (exact) mass is 195 g/mol. The van der Waals surface area contributed by atoms with Gasteiger partial charge in [0, 0.05) is 11.9 Å². The quantitative estimate of drug-likeness (QED) is 0.789. The van der Waals surface area contributed by atoms with Gasteiger partial charge in [0.2, 0.25) is 5.89 Å². The van der Waals surface area contributed by atoms with Crippen molar-refractivity contribution >= 4 is 11.3 Å². The molecule has 0 saturated carbocycles. The van der Waals surface area contributed by atoms with Gasteiger partial charge in [0.05, 0.1) is 10.7 Å². The molecule has 2 aromatic heterocycles. The Bertz CT molecular complexity index is 407. The topological polar surface area (TPSA) is 64.9 Å². The fourth-order valence-electron chi connectivity index (χ4n) is 0.980. The molecule has 0 amide bonds. The summed E-state index contributed by atoms with van der Waals surface area (Å²) in [6.07, 6.45) is 1.56. The van der Waals surface area contributed by atoms with Crippen molar-refractivity contribution in [1.29, 1.82) is 0 Å². The predicted octanol–water partition coefficient (Wildman–Crippen LogP) is 1.57. The van der Waals surface area contributed by atoms with Gasteiger partial charge >= 0.3 is 0 Å². The Morgan fingerprint density at radius 2 is 2.38 bits per heavy atom. The molecule has 2 heterocycles. The van der Waals surface area contributed by atoms with Crippen LogP contribution in [-0.4, -0.2) is 9.97 Å². The van der Waals surface area contributed by atoms with E-state index in [1.165, 1.54) is 0 Å². The van der Waals surface area contributed by atoms with Crippen molar-refractivity contribution in [3.8, 4) is 11.6 Å². The van der Waals surface area contributed by atoms with E-state index >= 15 is 0 Å². The largest absolute Gasteiger partial charge is 0.443 e. The third-order valence-electron chi connectivity index (χ3n) is 1.60. The minimum absolute atomic E-state index is 0.395. The lowest BCUT2D eigenvalue weighted by Crippen LogP contribution is -1.95. The van der Waals surface area contributed by atoms with Crippen LogP contribution in [0.5, 0.6) is 0 Å². The predicted molar refractivity (Wildman–Crippen MR) is 50.2 cm³/mol. The molecular formula is C8H9N3OS. The summed E-state index contributed by atoms with van der Waals surface area (Å²) >= 11 is 1.57. The number of hydrogen-bond acceptors (Lipinski definition) is 5. The first-order valence-corrected chi connectivity index (χ1v) is 4.74. The van der Waals surface area contributed by atoms with Crippen LogP contribution >= 0.6 is 11.3 Å². The smallest absolute Gasteiger partial charge is 0.246 e. The van der Waals surface area contributed by atoms with E-state index in [1.54, 1.807) is 17.6 Å². The summed E-state index contributed by atoms with van der Waals surface area (Å²) in [6.45, 7) is 2.34. The van der Waals surface area contributed by atoms with Crippen molar-refractivity contribution in [3.05, 3.63) is 22.3 Å². The summed E-state index contributed by atoms with van der Waals surface area (Å²) in [4.78, 5) is 8.41. The number of nitrogens with zero attached hydrogens (tertiary/aromatic N) is 2. The highest BCUT2D eigenvalue weighted by atomic mass is 32.1. The van der Waals surface area contributed by atoms with Crippen LogP contribution in [0.25, 0.3) is 11.6 Å². The lowest BCUT2D eigenvalue weighted by Gasteiger charge is -1.84. The van der Waals surface area contributed by atoms with Crippen LogP contribution in [0.15, 0.2) is 16.1 Å². The summed E-state index contributed by atoms with van der Waals surface area (Å²) in [5, 5.41) is 2.92.